The third kappa shape index (κ3) is 2.79. The number of para-hydroxylation sites is 2. The van der Waals surface area contributed by atoms with Crippen LogP contribution in [0.25, 0.3) is 0 Å². The summed E-state index contributed by atoms with van der Waals surface area (Å²) in [5, 5.41) is 6.87. The fourth-order valence-electron chi connectivity index (χ4n) is 2.39. The van der Waals surface area contributed by atoms with Crippen LogP contribution in [0.4, 0.5) is 4.79 Å². The molecule has 1 aliphatic heterocycles. The lowest BCUT2D eigenvalue weighted by Gasteiger charge is -2.28. The number of nitrogens with one attached hydrogen (secondary N) is 2. The smallest absolute Gasteiger partial charge is 0.335 e. The highest BCUT2D eigenvalue weighted by Gasteiger charge is 2.27. The molecular formula is C17H17N3O2. The Bertz CT molecular complexity index is 691. The molecule has 112 valence electrons. The van der Waals surface area contributed by atoms with Gasteiger partial charge in [0.25, 0.3) is 0 Å². The maximum atomic E-state index is 12.1. The first-order chi connectivity index (χ1) is 10.6. The minimum Gasteiger partial charge on any atom is -0.457 e. The van der Waals surface area contributed by atoms with E-state index in [1.165, 1.54) is 0 Å². The molecule has 2 amide bonds. The lowest BCUT2D eigenvalue weighted by atomic mass is 9.95. The number of fused-ring (bicyclic) bond motifs is 2. The fourth-order valence-corrected chi connectivity index (χ4v) is 2.39. The topological polar surface area (TPSA) is 62.7 Å². The Morgan fingerprint density at radius 1 is 1.00 bits per heavy atom. The summed E-state index contributed by atoms with van der Waals surface area (Å²) in [7, 11) is 0. The maximum Gasteiger partial charge on any atom is 0.335 e. The molecule has 0 atom stereocenters. The Balaban J connectivity index is 1.93. The normalized spacial score (nSPS) is 12.5. The van der Waals surface area contributed by atoms with Crippen LogP contribution >= 0.6 is 0 Å². The molecule has 2 aromatic carbocycles. The monoisotopic (exact) mass is 295 g/mol. The van der Waals surface area contributed by atoms with Crippen LogP contribution in [0.15, 0.2) is 53.6 Å². The van der Waals surface area contributed by atoms with Crippen LogP contribution in [0, 0.1) is 0 Å². The standard InChI is InChI=1S/C17H17N3O2/c1-11(2)19-20-17(21)18-16-12-7-3-5-9-14(12)22-15-10-6-4-8-13(15)16/h3-10,16H,1-2H3,(H2,18,20,21). The first kappa shape index (κ1) is 14.1. The van der Waals surface area contributed by atoms with Gasteiger partial charge in [-0.25, -0.2) is 10.2 Å². The molecule has 22 heavy (non-hydrogen) atoms. The van der Waals surface area contributed by atoms with Crippen molar-refractivity contribution in [1.82, 2.24) is 10.7 Å². The second kappa shape index (κ2) is 5.89. The maximum absolute atomic E-state index is 12.1. The van der Waals surface area contributed by atoms with Crippen molar-refractivity contribution in [3.8, 4) is 11.5 Å². The van der Waals surface area contributed by atoms with E-state index in [2.05, 4.69) is 15.8 Å². The predicted octanol–water partition coefficient (Wildman–Crippen LogP) is 3.58. The highest BCUT2D eigenvalue weighted by atomic mass is 16.5. The molecule has 5 nitrogen and oxygen atoms in total. The molecule has 0 bridgehead atoms. The minimum absolute atomic E-state index is 0.270. The van der Waals surface area contributed by atoms with E-state index in [0.29, 0.717) is 0 Å². The molecule has 1 heterocycles. The molecule has 3 rings (SSSR count). The predicted molar refractivity (Wildman–Crippen MR) is 85.3 cm³/mol. The van der Waals surface area contributed by atoms with Crippen molar-refractivity contribution in [2.24, 2.45) is 5.10 Å². The van der Waals surface area contributed by atoms with Crippen molar-refractivity contribution in [3.05, 3.63) is 59.7 Å². The van der Waals surface area contributed by atoms with E-state index < -0.39 is 0 Å². The van der Waals surface area contributed by atoms with E-state index in [-0.39, 0.29) is 12.1 Å². The van der Waals surface area contributed by atoms with E-state index >= 15 is 0 Å². The van der Waals surface area contributed by atoms with Gasteiger partial charge < -0.3 is 10.1 Å². The summed E-state index contributed by atoms with van der Waals surface area (Å²) >= 11 is 0. The van der Waals surface area contributed by atoms with Crippen molar-refractivity contribution in [2.75, 3.05) is 0 Å². The molecule has 0 radical (unpaired) electrons. The summed E-state index contributed by atoms with van der Waals surface area (Å²) in [6.45, 7) is 3.64. The summed E-state index contributed by atoms with van der Waals surface area (Å²) in [6, 6.07) is 14.7. The van der Waals surface area contributed by atoms with E-state index in [0.717, 1.165) is 28.3 Å². The van der Waals surface area contributed by atoms with E-state index in [9.17, 15) is 4.79 Å². The molecule has 0 aromatic heterocycles. The average molecular weight is 295 g/mol. The first-order valence-electron chi connectivity index (χ1n) is 7.08. The Labute approximate surface area is 129 Å². The molecule has 5 heteroatoms. The van der Waals surface area contributed by atoms with Crippen molar-refractivity contribution in [3.63, 3.8) is 0 Å². The molecular weight excluding hydrogens is 278 g/mol. The number of carbonyl (C=O) groups excluding carboxylic acids is 1. The second-order valence-corrected chi connectivity index (χ2v) is 5.26. The van der Waals surface area contributed by atoms with Gasteiger partial charge in [-0.15, -0.1) is 0 Å². The first-order valence-corrected chi connectivity index (χ1v) is 7.08. The summed E-state index contributed by atoms with van der Waals surface area (Å²) in [4.78, 5) is 12.1. The third-order valence-electron chi connectivity index (χ3n) is 3.34. The van der Waals surface area contributed by atoms with E-state index in [1.807, 2.05) is 62.4 Å². The fraction of sp³-hybridized carbons (Fsp3) is 0.176. The Hall–Kier alpha value is -2.82. The molecule has 2 N–H and O–H groups in total. The summed E-state index contributed by atoms with van der Waals surface area (Å²) in [6.07, 6.45) is 0. The number of hydrogen-bond donors (Lipinski definition) is 2. The molecule has 0 fully saturated rings. The number of ether oxygens (including phenoxy) is 1. The van der Waals surface area contributed by atoms with Gasteiger partial charge in [-0.2, -0.15) is 5.10 Å². The van der Waals surface area contributed by atoms with Crippen LogP contribution in [-0.4, -0.2) is 11.7 Å². The number of amides is 2. The quantitative estimate of drug-likeness (QED) is 0.657. The van der Waals surface area contributed by atoms with Crippen molar-refractivity contribution in [1.29, 1.82) is 0 Å². The van der Waals surface area contributed by atoms with Gasteiger partial charge in [0.05, 0.1) is 6.04 Å². The number of benzene rings is 2. The Morgan fingerprint density at radius 3 is 2.09 bits per heavy atom. The molecule has 0 saturated carbocycles. The minimum atomic E-state index is -0.349. The van der Waals surface area contributed by atoms with Gasteiger partial charge in [-0.1, -0.05) is 36.4 Å². The molecule has 0 aliphatic carbocycles. The zero-order chi connectivity index (χ0) is 15.5. The lowest BCUT2D eigenvalue weighted by Crippen LogP contribution is -2.37. The Kier molecular flexibility index (Phi) is 3.78. The molecule has 0 spiro atoms. The number of hydrazone groups is 1. The average Bonchev–Trinajstić information content (AvgIpc) is 2.52. The third-order valence-corrected chi connectivity index (χ3v) is 3.34. The SMILES string of the molecule is CC(C)=NNC(=O)NC1c2ccccc2Oc2ccccc21. The number of carbonyl (C=O) groups is 1. The van der Waals surface area contributed by atoms with Gasteiger partial charge in [0.15, 0.2) is 0 Å². The van der Waals surface area contributed by atoms with Crippen LogP contribution in [-0.2, 0) is 0 Å². The highest BCUT2D eigenvalue weighted by molar-refractivity contribution is 5.82. The van der Waals surface area contributed by atoms with E-state index in [1.54, 1.807) is 0 Å². The van der Waals surface area contributed by atoms with Crippen LogP contribution in [0.2, 0.25) is 0 Å². The van der Waals surface area contributed by atoms with Gasteiger partial charge in [0, 0.05) is 16.8 Å². The van der Waals surface area contributed by atoms with Crippen LogP contribution in [0.3, 0.4) is 0 Å². The van der Waals surface area contributed by atoms with E-state index in [4.69, 9.17) is 4.74 Å². The highest BCUT2D eigenvalue weighted by Crippen LogP contribution is 2.42. The Morgan fingerprint density at radius 2 is 1.55 bits per heavy atom. The van der Waals surface area contributed by atoms with Crippen LogP contribution < -0.4 is 15.5 Å². The van der Waals surface area contributed by atoms with Gasteiger partial charge in [0.1, 0.15) is 11.5 Å². The summed E-state index contributed by atoms with van der Waals surface area (Å²) in [5.41, 5.74) is 5.12. The number of nitrogens with zero attached hydrogens (tertiary/aromatic N) is 1. The molecule has 1 aliphatic rings. The number of rotatable bonds is 2. The van der Waals surface area contributed by atoms with Gasteiger partial charge in [0.2, 0.25) is 0 Å². The molecule has 0 saturated heterocycles. The van der Waals surface area contributed by atoms with Crippen molar-refractivity contribution < 1.29 is 9.53 Å². The zero-order valence-corrected chi connectivity index (χ0v) is 12.5. The van der Waals surface area contributed by atoms with Gasteiger partial charge in [-0.05, 0) is 26.0 Å². The zero-order valence-electron chi connectivity index (χ0n) is 12.5. The summed E-state index contributed by atoms with van der Waals surface area (Å²) in [5.74, 6) is 1.50. The largest absolute Gasteiger partial charge is 0.457 e. The molecule has 2 aromatic rings. The van der Waals surface area contributed by atoms with Crippen molar-refractivity contribution in [2.45, 2.75) is 19.9 Å². The summed E-state index contributed by atoms with van der Waals surface area (Å²) < 4.78 is 5.89. The van der Waals surface area contributed by atoms with Crippen LogP contribution in [0.5, 0.6) is 11.5 Å². The van der Waals surface area contributed by atoms with Crippen LogP contribution in [0.1, 0.15) is 31.0 Å². The van der Waals surface area contributed by atoms with Gasteiger partial charge >= 0.3 is 6.03 Å². The van der Waals surface area contributed by atoms with Crippen molar-refractivity contribution >= 4 is 11.7 Å². The second-order valence-electron chi connectivity index (χ2n) is 5.26. The lowest BCUT2D eigenvalue weighted by molar-refractivity contribution is 0.238. The number of hydrogen-bond acceptors (Lipinski definition) is 3. The van der Waals surface area contributed by atoms with Gasteiger partial charge in [-0.3, -0.25) is 0 Å². The molecule has 0 unspecified atom stereocenters. The number of urea groups is 1.